The minimum atomic E-state index is -2.70. The van der Waals surface area contributed by atoms with Crippen LogP contribution in [0.3, 0.4) is 0 Å². The van der Waals surface area contributed by atoms with E-state index in [9.17, 15) is 8.78 Å². The van der Waals surface area contributed by atoms with Crippen LogP contribution >= 0.6 is 23.4 Å². The maximum Gasteiger partial charge on any atom is 0.320 e. The Morgan fingerprint density at radius 3 is 2.58 bits per heavy atom. The van der Waals surface area contributed by atoms with Crippen molar-refractivity contribution in [2.75, 3.05) is 0 Å². The molecule has 33 heavy (non-hydrogen) atoms. The fourth-order valence-electron chi connectivity index (χ4n) is 3.65. The predicted molar refractivity (Wildman–Crippen MR) is 125 cm³/mol. The first-order valence-corrected chi connectivity index (χ1v) is 11.4. The maximum absolute atomic E-state index is 13.8. The van der Waals surface area contributed by atoms with Crippen molar-refractivity contribution < 1.29 is 8.78 Å². The van der Waals surface area contributed by atoms with E-state index in [0.717, 1.165) is 21.4 Å². The van der Waals surface area contributed by atoms with E-state index in [1.54, 1.807) is 36.7 Å². The Labute approximate surface area is 197 Å². The van der Waals surface area contributed by atoms with Crippen molar-refractivity contribution in [2.45, 2.75) is 24.4 Å². The molecule has 0 fully saturated rings. The van der Waals surface area contributed by atoms with Gasteiger partial charge in [0, 0.05) is 23.0 Å². The Hall–Kier alpha value is -3.30. The molecule has 0 atom stereocenters. The van der Waals surface area contributed by atoms with E-state index < -0.39 is 6.55 Å². The van der Waals surface area contributed by atoms with Crippen LogP contribution in [-0.4, -0.2) is 29.3 Å². The molecule has 0 radical (unpaired) electrons. The molecule has 166 valence electrons. The Bertz CT molecular complexity index is 1430. The second kappa shape index (κ2) is 8.92. The van der Waals surface area contributed by atoms with Crippen LogP contribution in [0.2, 0.25) is 5.02 Å². The van der Waals surface area contributed by atoms with Crippen molar-refractivity contribution in [1.29, 1.82) is 0 Å². The van der Waals surface area contributed by atoms with Crippen molar-refractivity contribution in [1.82, 2.24) is 29.3 Å². The SMILES string of the molecule is Cc1c(Cl)cccc1-n1c(SCc2nc3ccccc3n2C(F)F)nnc1-c1ccncc1. The van der Waals surface area contributed by atoms with Crippen molar-refractivity contribution in [3.63, 3.8) is 0 Å². The lowest BCUT2D eigenvalue weighted by Gasteiger charge is -2.14. The number of aromatic nitrogens is 6. The maximum atomic E-state index is 13.8. The van der Waals surface area contributed by atoms with Gasteiger partial charge >= 0.3 is 6.55 Å². The number of rotatable bonds is 6. The Balaban J connectivity index is 1.59. The van der Waals surface area contributed by atoms with E-state index in [1.807, 2.05) is 41.8 Å². The fraction of sp³-hybridized carbons (Fsp3) is 0.130. The molecule has 3 heterocycles. The largest absolute Gasteiger partial charge is 0.320 e. The number of fused-ring (bicyclic) bond motifs is 1. The van der Waals surface area contributed by atoms with Gasteiger partial charge in [0.05, 0.1) is 22.5 Å². The second-order valence-electron chi connectivity index (χ2n) is 7.21. The summed E-state index contributed by atoms with van der Waals surface area (Å²) in [6.45, 7) is -0.785. The number of imidazole rings is 1. The molecule has 0 saturated heterocycles. The Morgan fingerprint density at radius 1 is 1.00 bits per heavy atom. The van der Waals surface area contributed by atoms with Crippen molar-refractivity contribution >= 4 is 34.4 Å². The molecule has 6 nitrogen and oxygen atoms in total. The average Bonchev–Trinajstić information content (AvgIpc) is 3.41. The summed E-state index contributed by atoms with van der Waals surface area (Å²) in [5, 5.41) is 9.91. The van der Waals surface area contributed by atoms with Gasteiger partial charge in [0.15, 0.2) is 11.0 Å². The molecule has 0 spiro atoms. The third-order valence-electron chi connectivity index (χ3n) is 5.25. The molecule has 5 aromatic rings. The van der Waals surface area contributed by atoms with Crippen LogP contribution in [-0.2, 0) is 5.75 Å². The highest BCUT2D eigenvalue weighted by Gasteiger charge is 2.21. The lowest BCUT2D eigenvalue weighted by molar-refractivity contribution is 0.0722. The smallest absolute Gasteiger partial charge is 0.270 e. The zero-order valence-electron chi connectivity index (χ0n) is 17.4. The van der Waals surface area contributed by atoms with Crippen LogP contribution in [0.5, 0.6) is 0 Å². The lowest BCUT2D eigenvalue weighted by atomic mass is 10.2. The first kappa shape index (κ1) is 21.5. The van der Waals surface area contributed by atoms with Gasteiger partial charge < -0.3 is 0 Å². The summed E-state index contributed by atoms with van der Waals surface area (Å²) in [7, 11) is 0. The van der Waals surface area contributed by atoms with Gasteiger partial charge in [-0.2, -0.15) is 8.78 Å². The highest BCUT2D eigenvalue weighted by molar-refractivity contribution is 7.98. The topological polar surface area (TPSA) is 61.4 Å². The average molecular weight is 483 g/mol. The number of hydrogen-bond donors (Lipinski definition) is 0. The van der Waals surface area contributed by atoms with Crippen LogP contribution in [0.15, 0.2) is 72.1 Å². The summed E-state index contributed by atoms with van der Waals surface area (Å²) in [5.74, 6) is 1.05. The first-order chi connectivity index (χ1) is 16.0. The molecule has 5 rings (SSSR count). The number of hydrogen-bond acceptors (Lipinski definition) is 5. The van der Waals surface area contributed by atoms with Crippen LogP contribution in [0.25, 0.3) is 28.1 Å². The normalized spacial score (nSPS) is 11.5. The molecule has 0 aliphatic carbocycles. The van der Waals surface area contributed by atoms with Crippen LogP contribution in [0.4, 0.5) is 8.78 Å². The lowest BCUT2D eigenvalue weighted by Crippen LogP contribution is -2.05. The molecular weight excluding hydrogens is 466 g/mol. The molecule has 0 amide bonds. The molecule has 2 aromatic carbocycles. The van der Waals surface area contributed by atoms with Gasteiger partial charge in [-0.1, -0.05) is 41.6 Å². The summed E-state index contributed by atoms with van der Waals surface area (Å²) in [6.07, 6.45) is 3.36. The predicted octanol–water partition coefficient (Wildman–Crippen LogP) is 6.33. The van der Waals surface area contributed by atoms with Crippen LogP contribution in [0, 0.1) is 6.92 Å². The molecule has 0 saturated carbocycles. The van der Waals surface area contributed by atoms with E-state index >= 15 is 0 Å². The van der Waals surface area contributed by atoms with Crippen LogP contribution < -0.4 is 0 Å². The number of halogens is 3. The van der Waals surface area contributed by atoms with E-state index in [1.165, 1.54) is 11.8 Å². The van der Waals surface area contributed by atoms with Crippen molar-refractivity contribution in [3.8, 4) is 17.1 Å². The summed E-state index contributed by atoms with van der Waals surface area (Å²) < 4.78 is 30.5. The molecular formula is C23H17ClF2N6S. The Kier molecular flexibility index (Phi) is 5.82. The molecule has 0 aliphatic rings. The number of para-hydroxylation sites is 2. The molecule has 0 N–H and O–H groups in total. The summed E-state index contributed by atoms with van der Waals surface area (Å²) in [5.41, 5.74) is 3.41. The first-order valence-electron chi connectivity index (χ1n) is 10.0. The van der Waals surface area contributed by atoms with E-state index in [0.29, 0.717) is 27.0 Å². The van der Waals surface area contributed by atoms with E-state index in [4.69, 9.17) is 11.6 Å². The molecule has 3 aromatic heterocycles. The molecule has 0 aliphatic heterocycles. The third kappa shape index (κ3) is 3.98. The number of alkyl halides is 2. The van der Waals surface area contributed by atoms with Gasteiger partial charge in [-0.3, -0.25) is 14.1 Å². The molecule has 10 heteroatoms. The standard InChI is InChI=1S/C23H17ClF2N6S/c1-14-16(24)5-4-8-18(14)32-21(15-9-11-27-12-10-15)29-30-23(32)33-13-20-28-17-6-2-3-7-19(17)31(20)22(25)26/h2-12,22H,13H2,1H3. The quantitative estimate of drug-likeness (QED) is 0.265. The Morgan fingerprint density at radius 2 is 1.79 bits per heavy atom. The van der Waals surface area contributed by atoms with E-state index in [2.05, 4.69) is 20.2 Å². The van der Waals surface area contributed by atoms with Gasteiger partial charge in [0.1, 0.15) is 5.82 Å². The zero-order chi connectivity index (χ0) is 22.9. The number of thioether (sulfide) groups is 1. The number of benzene rings is 2. The molecule has 0 unspecified atom stereocenters. The number of pyridine rings is 1. The van der Waals surface area contributed by atoms with Gasteiger partial charge in [-0.15, -0.1) is 10.2 Å². The number of nitrogens with zero attached hydrogens (tertiary/aromatic N) is 6. The van der Waals surface area contributed by atoms with Gasteiger partial charge in [0.25, 0.3) is 0 Å². The van der Waals surface area contributed by atoms with Gasteiger partial charge in [0.2, 0.25) is 0 Å². The summed E-state index contributed by atoms with van der Waals surface area (Å²) in [6, 6.07) is 16.1. The van der Waals surface area contributed by atoms with E-state index in [-0.39, 0.29) is 11.6 Å². The summed E-state index contributed by atoms with van der Waals surface area (Å²) in [4.78, 5) is 8.49. The highest BCUT2D eigenvalue weighted by Crippen LogP contribution is 2.34. The molecule has 0 bridgehead atoms. The third-order valence-corrected chi connectivity index (χ3v) is 6.58. The van der Waals surface area contributed by atoms with Crippen molar-refractivity contribution in [2.24, 2.45) is 0 Å². The van der Waals surface area contributed by atoms with Gasteiger partial charge in [-0.25, -0.2) is 4.98 Å². The highest BCUT2D eigenvalue weighted by atomic mass is 35.5. The second-order valence-corrected chi connectivity index (χ2v) is 8.56. The zero-order valence-corrected chi connectivity index (χ0v) is 18.9. The van der Waals surface area contributed by atoms with Crippen LogP contribution in [0.1, 0.15) is 17.9 Å². The minimum absolute atomic E-state index is 0.188. The summed E-state index contributed by atoms with van der Waals surface area (Å²) >= 11 is 7.67. The van der Waals surface area contributed by atoms with Gasteiger partial charge in [-0.05, 0) is 48.9 Å². The monoisotopic (exact) mass is 482 g/mol. The fourth-order valence-corrected chi connectivity index (χ4v) is 4.69. The minimum Gasteiger partial charge on any atom is -0.270 e. The van der Waals surface area contributed by atoms with Crippen molar-refractivity contribution in [3.05, 3.63) is 83.4 Å².